The van der Waals surface area contributed by atoms with Gasteiger partial charge in [0, 0.05) is 22.7 Å². The quantitative estimate of drug-likeness (QED) is 0.549. The van der Waals surface area contributed by atoms with E-state index < -0.39 is 16.0 Å². The molecule has 1 aliphatic heterocycles. The highest BCUT2D eigenvalue weighted by Gasteiger charge is 2.35. The fourth-order valence-corrected chi connectivity index (χ4v) is 6.99. The maximum atomic E-state index is 13.3. The first-order valence-corrected chi connectivity index (χ1v) is 12.7. The summed E-state index contributed by atoms with van der Waals surface area (Å²) in [6.07, 6.45) is 0.369. The number of nitrogens with zero attached hydrogens (tertiary/aromatic N) is 1. The second-order valence-corrected chi connectivity index (χ2v) is 11.0. The number of anilines is 1. The van der Waals surface area contributed by atoms with E-state index in [-0.39, 0.29) is 22.2 Å². The molecular formula is C24H24N2O5S2. The minimum atomic E-state index is -4.05. The van der Waals surface area contributed by atoms with E-state index in [9.17, 15) is 18.0 Å². The van der Waals surface area contributed by atoms with Gasteiger partial charge in [-0.15, -0.1) is 11.3 Å². The molecule has 172 valence electrons. The summed E-state index contributed by atoms with van der Waals surface area (Å²) in [4.78, 5) is 27.9. The highest BCUT2D eigenvalue weighted by molar-refractivity contribution is 7.94. The number of carbonyl (C=O) groups is 2. The number of hydrogen-bond acceptors (Lipinski definition) is 6. The van der Waals surface area contributed by atoms with Gasteiger partial charge in [0.1, 0.15) is 0 Å². The van der Waals surface area contributed by atoms with Gasteiger partial charge in [-0.25, -0.2) is 13.2 Å². The summed E-state index contributed by atoms with van der Waals surface area (Å²) < 4.78 is 34.1. The van der Waals surface area contributed by atoms with Crippen LogP contribution in [0.4, 0.5) is 5.69 Å². The zero-order valence-electron chi connectivity index (χ0n) is 18.5. The maximum Gasteiger partial charge on any atom is 0.340 e. The number of nitrogens with one attached hydrogen (secondary N) is 1. The highest BCUT2D eigenvalue weighted by atomic mass is 32.2. The maximum absolute atomic E-state index is 13.3. The van der Waals surface area contributed by atoms with Crippen LogP contribution in [-0.2, 0) is 27.7 Å². The molecule has 0 saturated heterocycles. The van der Waals surface area contributed by atoms with E-state index in [1.54, 1.807) is 41.3 Å². The van der Waals surface area contributed by atoms with E-state index in [0.29, 0.717) is 34.7 Å². The normalized spacial score (nSPS) is 13.4. The van der Waals surface area contributed by atoms with Crippen LogP contribution >= 0.6 is 11.3 Å². The Morgan fingerprint density at radius 2 is 1.73 bits per heavy atom. The molecule has 7 nitrogen and oxygen atoms in total. The van der Waals surface area contributed by atoms with E-state index in [4.69, 9.17) is 4.74 Å². The second-order valence-electron chi connectivity index (χ2n) is 7.98. The molecule has 0 atom stereocenters. The summed E-state index contributed by atoms with van der Waals surface area (Å²) in [7, 11) is -2.82. The zero-order valence-corrected chi connectivity index (χ0v) is 20.2. The van der Waals surface area contributed by atoms with Crippen LogP contribution in [0.1, 0.15) is 42.3 Å². The molecule has 0 saturated carbocycles. The second kappa shape index (κ2) is 8.99. The Labute approximate surface area is 197 Å². The third kappa shape index (κ3) is 4.65. The van der Waals surface area contributed by atoms with Crippen molar-refractivity contribution in [2.75, 3.05) is 18.4 Å². The van der Waals surface area contributed by atoms with E-state index in [1.807, 2.05) is 26.0 Å². The van der Waals surface area contributed by atoms with Gasteiger partial charge in [0.25, 0.3) is 15.9 Å². The topological polar surface area (TPSA) is 92.8 Å². The van der Waals surface area contributed by atoms with Crippen LogP contribution in [0.15, 0.2) is 52.7 Å². The van der Waals surface area contributed by atoms with Gasteiger partial charge in [0.2, 0.25) is 0 Å². The van der Waals surface area contributed by atoms with Gasteiger partial charge in [-0.05, 0) is 61.2 Å². The Morgan fingerprint density at radius 1 is 1.06 bits per heavy atom. The van der Waals surface area contributed by atoms with Crippen molar-refractivity contribution in [2.24, 2.45) is 0 Å². The molecule has 33 heavy (non-hydrogen) atoms. The summed E-state index contributed by atoms with van der Waals surface area (Å²) in [6, 6.07) is 14.3. The van der Waals surface area contributed by atoms with Crippen molar-refractivity contribution in [1.82, 2.24) is 4.90 Å². The van der Waals surface area contributed by atoms with Crippen molar-refractivity contribution in [3.63, 3.8) is 0 Å². The molecule has 2 heterocycles. The first kappa shape index (κ1) is 23.0. The molecule has 1 aromatic heterocycles. The molecule has 0 unspecified atom stereocenters. The van der Waals surface area contributed by atoms with Crippen LogP contribution < -0.4 is 4.72 Å². The largest absolute Gasteiger partial charge is 0.465 e. The van der Waals surface area contributed by atoms with Crippen molar-refractivity contribution >= 4 is 38.9 Å². The predicted octanol–water partition coefficient (Wildman–Crippen LogP) is 4.15. The van der Waals surface area contributed by atoms with E-state index >= 15 is 0 Å². The lowest BCUT2D eigenvalue weighted by Crippen LogP contribution is -2.35. The SMILES string of the molecule is COC(=O)c1c(S(=O)(=O)Nc2cc(C)cc(C)c2)sc2c1CCN(C(=O)c1ccccc1)C2. The summed E-state index contributed by atoms with van der Waals surface area (Å²) in [5.74, 6) is -0.830. The Balaban J connectivity index is 1.71. The van der Waals surface area contributed by atoms with Crippen LogP contribution in [-0.4, -0.2) is 38.8 Å². The molecule has 0 spiro atoms. The number of ether oxygens (including phenoxy) is 1. The fraction of sp³-hybridized carbons (Fsp3) is 0.250. The number of carbonyl (C=O) groups excluding carboxylic acids is 2. The monoisotopic (exact) mass is 484 g/mol. The van der Waals surface area contributed by atoms with Gasteiger partial charge in [-0.1, -0.05) is 24.3 Å². The van der Waals surface area contributed by atoms with Crippen molar-refractivity contribution in [1.29, 1.82) is 0 Å². The summed E-state index contributed by atoms with van der Waals surface area (Å²) in [5, 5.41) is 0. The summed E-state index contributed by atoms with van der Waals surface area (Å²) in [6.45, 7) is 4.38. The number of methoxy groups -OCH3 is 1. The molecule has 3 aromatic rings. The van der Waals surface area contributed by atoms with Crippen LogP contribution in [0.3, 0.4) is 0 Å². The van der Waals surface area contributed by atoms with Crippen molar-refractivity contribution < 1.29 is 22.7 Å². The number of fused-ring (bicyclic) bond motifs is 1. The standard InChI is InChI=1S/C24H24N2O5S2/c1-15-11-16(2)13-18(12-15)25-33(29,30)24-21(23(28)31-3)19-9-10-26(14-20(19)32-24)22(27)17-7-5-4-6-8-17/h4-8,11-13,25H,9-10,14H2,1-3H3. The number of esters is 1. The van der Waals surface area contributed by atoms with Gasteiger partial charge in [0.15, 0.2) is 4.21 Å². The van der Waals surface area contributed by atoms with Crippen molar-refractivity contribution in [2.45, 2.75) is 31.0 Å². The molecule has 1 N–H and O–H groups in total. The smallest absolute Gasteiger partial charge is 0.340 e. The molecule has 0 fully saturated rings. The number of amides is 1. The molecule has 0 bridgehead atoms. The van der Waals surface area contributed by atoms with Gasteiger partial charge < -0.3 is 9.64 Å². The van der Waals surface area contributed by atoms with E-state index in [2.05, 4.69) is 4.72 Å². The lowest BCUT2D eigenvalue weighted by Gasteiger charge is -2.27. The lowest BCUT2D eigenvalue weighted by molar-refractivity contribution is 0.0595. The number of aryl methyl sites for hydroxylation is 2. The molecule has 1 aliphatic rings. The predicted molar refractivity (Wildman–Crippen MR) is 127 cm³/mol. The third-order valence-electron chi connectivity index (χ3n) is 5.44. The van der Waals surface area contributed by atoms with Crippen LogP contribution in [0.2, 0.25) is 0 Å². The number of rotatable bonds is 5. The Morgan fingerprint density at radius 3 is 2.36 bits per heavy atom. The highest BCUT2D eigenvalue weighted by Crippen LogP contribution is 2.38. The minimum absolute atomic E-state index is 0.0567. The van der Waals surface area contributed by atoms with Crippen LogP contribution in [0.25, 0.3) is 0 Å². The fourth-order valence-electron chi connectivity index (χ4n) is 4.05. The molecule has 9 heteroatoms. The molecular weight excluding hydrogens is 460 g/mol. The number of sulfonamides is 1. The molecule has 1 amide bonds. The van der Waals surface area contributed by atoms with Crippen LogP contribution in [0, 0.1) is 13.8 Å². The van der Waals surface area contributed by atoms with E-state index in [1.165, 1.54) is 7.11 Å². The molecule has 4 rings (SSSR count). The Bertz CT molecular complexity index is 1310. The average molecular weight is 485 g/mol. The van der Waals surface area contributed by atoms with Gasteiger partial charge in [-0.3, -0.25) is 9.52 Å². The number of hydrogen-bond donors (Lipinski definition) is 1. The Kier molecular flexibility index (Phi) is 6.27. The first-order valence-electron chi connectivity index (χ1n) is 10.4. The Hall–Kier alpha value is -3.17. The van der Waals surface area contributed by atoms with Gasteiger partial charge in [0.05, 0.1) is 19.2 Å². The van der Waals surface area contributed by atoms with Gasteiger partial charge >= 0.3 is 5.97 Å². The lowest BCUT2D eigenvalue weighted by atomic mass is 10.0. The minimum Gasteiger partial charge on any atom is -0.465 e. The molecule has 0 radical (unpaired) electrons. The summed E-state index contributed by atoms with van der Waals surface area (Å²) in [5.41, 5.74) is 3.51. The first-order chi connectivity index (χ1) is 15.7. The van der Waals surface area contributed by atoms with Crippen LogP contribution in [0.5, 0.6) is 0 Å². The van der Waals surface area contributed by atoms with E-state index in [0.717, 1.165) is 22.5 Å². The summed E-state index contributed by atoms with van der Waals surface area (Å²) >= 11 is 1.01. The number of thiophene rings is 1. The molecule has 0 aliphatic carbocycles. The molecule has 2 aromatic carbocycles. The number of benzene rings is 2. The average Bonchev–Trinajstić information content (AvgIpc) is 3.17. The van der Waals surface area contributed by atoms with Crippen molar-refractivity contribution in [3.8, 4) is 0 Å². The van der Waals surface area contributed by atoms with Crippen molar-refractivity contribution in [3.05, 3.63) is 81.2 Å². The zero-order chi connectivity index (χ0) is 23.8. The van der Waals surface area contributed by atoms with Gasteiger partial charge in [-0.2, -0.15) is 0 Å². The third-order valence-corrected chi connectivity index (χ3v) is 8.56.